The van der Waals surface area contributed by atoms with Gasteiger partial charge in [0, 0.05) is 6.42 Å². The molecule has 478 valence electrons. The van der Waals surface area contributed by atoms with Crippen molar-refractivity contribution in [3.63, 3.8) is 0 Å². The summed E-state index contributed by atoms with van der Waals surface area (Å²) in [6.45, 7) is 4.49. The largest absolute Gasteiger partial charge is 0.756 e. The molecule has 0 radical (unpaired) electrons. The number of amides is 1. The zero-order valence-corrected chi connectivity index (χ0v) is 55.4. The van der Waals surface area contributed by atoms with Crippen molar-refractivity contribution >= 4 is 13.7 Å². The number of quaternary nitrogens is 1. The average Bonchev–Trinajstić information content (AvgIpc) is 3.56. The van der Waals surface area contributed by atoms with Gasteiger partial charge in [0.25, 0.3) is 7.82 Å². The lowest BCUT2D eigenvalue weighted by Gasteiger charge is -2.29. The first kappa shape index (κ1) is 80.1. The van der Waals surface area contributed by atoms with Crippen molar-refractivity contribution in [2.75, 3.05) is 40.9 Å². The highest BCUT2D eigenvalue weighted by atomic mass is 31.2. The molecule has 0 fully saturated rings. The number of nitrogens with zero attached hydrogens (tertiary/aromatic N) is 1. The molecular weight excluding hydrogens is 1060 g/mol. The Balaban J connectivity index is 4.27. The Morgan fingerprint density at radius 2 is 0.738 bits per heavy atom. The molecule has 3 unspecified atom stereocenters. The van der Waals surface area contributed by atoms with Gasteiger partial charge in [0.2, 0.25) is 5.91 Å². The topological polar surface area (TPSA) is 108 Å². The van der Waals surface area contributed by atoms with Crippen molar-refractivity contribution in [1.29, 1.82) is 0 Å². The van der Waals surface area contributed by atoms with Crippen LogP contribution in [0.25, 0.3) is 0 Å². The number of aliphatic hydroxyl groups is 1. The molecule has 0 heterocycles. The number of carbonyl (C=O) groups excluding carboxylic acids is 1. The van der Waals surface area contributed by atoms with E-state index in [1.165, 1.54) is 103 Å². The molecule has 84 heavy (non-hydrogen) atoms. The molecule has 0 aromatic rings. The van der Waals surface area contributed by atoms with E-state index in [4.69, 9.17) is 9.05 Å². The van der Waals surface area contributed by atoms with Crippen LogP contribution in [0.4, 0.5) is 0 Å². The number of likely N-dealkylation sites (N-methyl/N-ethyl adjacent to an activating group) is 1. The first-order chi connectivity index (χ1) is 41.0. The Hall–Kier alpha value is -3.88. The van der Waals surface area contributed by atoms with Gasteiger partial charge in [-0.1, -0.05) is 287 Å². The number of nitrogens with one attached hydrogen (secondary N) is 1. The third-order valence-corrected chi connectivity index (χ3v) is 15.2. The second-order valence-corrected chi connectivity index (χ2v) is 24.8. The van der Waals surface area contributed by atoms with Crippen LogP contribution in [-0.4, -0.2) is 68.5 Å². The molecule has 2 N–H and O–H groups in total. The molecule has 0 rings (SSSR count). The molecule has 0 aliphatic carbocycles. The van der Waals surface area contributed by atoms with Gasteiger partial charge in [-0.05, 0) is 122 Å². The van der Waals surface area contributed by atoms with Crippen LogP contribution in [0.3, 0.4) is 0 Å². The van der Waals surface area contributed by atoms with Gasteiger partial charge >= 0.3 is 0 Å². The number of aliphatic hydroxyl groups excluding tert-OH is 1. The molecule has 0 aromatic heterocycles. The van der Waals surface area contributed by atoms with Gasteiger partial charge in [-0.25, -0.2) is 0 Å². The SMILES string of the molecule is CC/C=C\C/C=C\C/C=C\C/C=C\C/C=C\C/C=C\C/C=C\C/C=C\C/C=C\C/C=C\CCCCCCCCC(=O)NC(COP(=O)([O-])OCC[N+](C)(C)C)C(O)/C=C/CC/C=C/CC/C=C/CCCCCCCCCCCCCCCCC. The van der Waals surface area contributed by atoms with Gasteiger partial charge in [-0.15, -0.1) is 0 Å². The maximum atomic E-state index is 13.0. The molecular formula is C75H127N2O6P. The van der Waals surface area contributed by atoms with Crippen LogP contribution in [0, 0.1) is 0 Å². The summed E-state index contributed by atoms with van der Waals surface area (Å²) < 4.78 is 23.4. The van der Waals surface area contributed by atoms with Crippen molar-refractivity contribution < 1.29 is 32.9 Å². The molecule has 0 bridgehead atoms. The van der Waals surface area contributed by atoms with Crippen LogP contribution in [0.2, 0.25) is 0 Å². The Morgan fingerprint density at radius 3 is 1.11 bits per heavy atom. The summed E-state index contributed by atoms with van der Waals surface area (Å²) in [6.07, 6.45) is 99.2. The average molecular weight is 1180 g/mol. The highest BCUT2D eigenvalue weighted by molar-refractivity contribution is 7.45. The Labute approximate surface area is 518 Å². The first-order valence-corrected chi connectivity index (χ1v) is 35.3. The number of carbonyl (C=O) groups is 1. The number of hydrogen-bond acceptors (Lipinski definition) is 6. The lowest BCUT2D eigenvalue weighted by atomic mass is 10.0. The van der Waals surface area contributed by atoms with Gasteiger partial charge < -0.3 is 28.8 Å². The van der Waals surface area contributed by atoms with Crippen LogP contribution >= 0.6 is 7.82 Å². The third kappa shape index (κ3) is 65.7. The molecule has 0 spiro atoms. The van der Waals surface area contributed by atoms with Crippen molar-refractivity contribution in [3.05, 3.63) is 158 Å². The standard InChI is InChI=1S/C75H127N2O6P/c1-6-8-10-12-14-16-18-20-22-24-26-28-30-32-33-34-35-36-37-38-39-40-41-42-43-45-47-49-51-53-55-57-59-61-63-65-67-69-75(79)76-73(72-83-84(80,81)82-71-70-77(3,4)5)74(78)68-66-64-62-60-58-56-54-52-50-48-46-44-31-29-27-25-23-21-19-17-15-13-11-9-7-2/h8,10,14,16,20,22,26,28,32-33,35-36,38-39,41-42,45,47,50-53,58,60,66,68,73-74,78H,6-7,9,11-13,15,17-19,21,23-25,27,29-31,34,37,40,43-44,46,48-49,54-57,59,61-65,67,69-72H2,1-5H3,(H-,76,79,80,81)/b10-8-,16-14-,22-20-,28-26-,33-32-,36-35-,39-38-,42-41-,47-45-,52-50+,53-51-,60-58+,68-66+. The number of rotatable bonds is 60. The fourth-order valence-corrected chi connectivity index (χ4v) is 9.70. The summed E-state index contributed by atoms with van der Waals surface area (Å²) in [4.78, 5) is 25.6. The molecule has 0 aliphatic heterocycles. The summed E-state index contributed by atoms with van der Waals surface area (Å²) in [5, 5.41) is 13.9. The van der Waals surface area contributed by atoms with E-state index in [1.54, 1.807) is 6.08 Å². The van der Waals surface area contributed by atoms with E-state index in [0.29, 0.717) is 17.4 Å². The molecule has 0 saturated heterocycles. The summed E-state index contributed by atoms with van der Waals surface area (Å²) in [5.74, 6) is -0.231. The monoisotopic (exact) mass is 1180 g/mol. The van der Waals surface area contributed by atoms with Gasteiger partial charge in [-0.2, -0.15) is 0 Å². The fourth-order valence-electron chi connectivity index (χ4n) is 8.98. The summed E-state index contributed by atoms with van der Waals surface area (Å²) in [7, 11) is 1.20. The summed E-state index contributed by atoms with van der Waals surface area (Å²) >= 11 is 0. The second-order valence-electron chi connectivity index (χ2n) is 23.4. The lowest BCUT2D eigenvalue weighted by Crippen LogP contribution is -2.45. The molecule has 0 aromatic carbocycles. The maximum absolute atomic E-state index is 13.0. The highest BCUT2D eigenvalue weighted by Gasteiger charge is 2.23. The minimum atomic E-state index is -4.63. The van der Waals surface area contributed by atoms with Crippen LogP contribution in [-0.2, 0) is 18.4 Å². The second kappa shape index (κ2) is 63.6. The van der Waals surface area contributed by atoms with E-state index in [-0.39, 0.29) is 12.5 Å². The molecule has 0 saturated carbocycles. The van der Waals surface area contributed by atoms with Gasteiger partial charge in [0.15, 0.2) is 0 Å². The summed E-state index contributed by atoms with van der Waals surface area (Å²) in [6, 6.07) is -0.932. The smallest absolute Gasteiger partial charge is 0.268 e. The van der Waals surface area contributed by atoms with E-state index in [2.05, 4.69) is 165 Å². The van der Waals surface area contributed by atoms with Crippen LogP contribution in [0.1, 0.15) is 258 Å². The molecule has 3 atom stereocenters. The molecule has 8 nitrogen and oxygen atoms in total. The number of phosphoric ester groups is 1. The zero-order valence-electron chi connectivity index (χ0n) is 54.5. The number of hydrogen-bond donors (Lipinski definition) is 2. The number of unbranched alkanes of at least 4 members (excludes halogenated alkanes) is 23. The minimum Gasteiger partial charge on any atom is -0.756 e. The van der Waals surface area contributed by atoms with Gasteiger partial charge in [0.05, 0.1) is 39.9 Å². The normalized spacial score (nSPS) is 14.7. The molecule has 9 heteroatoms. The Bertz CT molecular complexity index is 1930. The van der Waals surface area contributed by atoms with E-state index in [1.807, 2.05) is 27.2 Å². The lowest BCUT2D eigenvalue weighted by molar-refractivity contribution is -0.870. The van der Waals surface area contributed by atoms with Crippen molar-refractivity contribution in [2.45, 2.75) is 270 Å². The third-order valence-electron chi connectivity index (χ3n) is 14.2. The quantitative estimate of drug-likeness (QED) is 0.0272. The van der Waals surface area contributed by atoms with Crippen molar-refractivity contribution in [3.8, 4) is 0 Å². The van der Waals surface area contributed by atoms with Crippen molar-refractivity contribution in [2.24, 2.45) is 0 Å². The zero-order chi connectivity index (χ0) is 61.2. The van der Waals surface area contributed by atoms with Crippen LogP contribution < -0.4 is 10.2 Å². The van der Waals surface area contributed by atoms with E-state index in [0.717, 1.165) is 135 Å². The molecule has 0 aliphatic rings. The maximum Gasteiger partial charge on any atom is 0.268 e. The van der Waals surface area contributed by atoms with Crippen molar-refractivity contribution in [1.82, 2.24) is 5.32 Å². The van der Waals surface area contributed by atoms with Gasteiger partial charge in [-0.3, -0.25) is 9.36 Å². The number of allylic oxidation sites excluding steroid dienone is 25. The predicted molar refractivity (Wildman–Crippen MR) is 366 cm³/mol. The minimum absolute atomic E-state index is 0.0206. The van der Waals surface area contributed by atoms with Crippen LogP contribution in [0.15, 0.2) is 158 Å². The Morgan fingerprint density at radius 1 is 0.429 bits per heavy atom. The Kier molecular flexibility index (Phi) is 60.7. The van der Waals surface area contributed by atoms with E-state index < -0.39 is 26.6 Å². The van der Waals surface area contributed by atoms with Gasteiger partial charge in [0.1, 0.15) is 13.2 Å². The summed E-state index contributed by atoms with van der Waals surface area (Å²) in [5.41, 5.74) is 0. The first-order valence-electron chi connectivity index (χ1n) is 33.8. The van der Waals surface area contributed by atoms with E-state index >= 15 is 0 Å². The number of phosphoric acid groups is 1. The van der Waals surface area contributed by atoms with Crippen LogP contribution in [0.5, 0.6) is 0 Å². The fraction of sp³-hybridized carbons (Fsp3) is 0.640. The predicted octanol–water partition coefficient (Wildman–Crippen LogP) is 21.1. The molecule has 1 amide bonds. The van der Waals surface area contributed by atoms with E-state index in [9.17, 15) is 19.4 Å². The highest BCUT2D eigenvalue weighted by Crippen LogP contribution is 2.38.